The molecule has 1 aromatic rings. The van der Waals surface area contributed by atoms with Gasteiger partial charge in [-0.15, -0.1) is 0 Å². The van der Waals surface area contributed by atoms with Gasteiger partial charge in [-0.05, 0) is 55.6 Å². The first-order valence-corrected chi connectivity index (χ1v) is 9.47. The molecule has 130 valence electrons. The van der Waals surface area contributed by atoms with Gasteiger partial charge in [0.25, 0.3) is 0 Å². The van der Waals surface area contributed by atoms with Crippen molar-refractivity contribution < 1.29 is 13.2 Å². The molecule has 23 heavy (non-hydrogen) atoms. The van der Waals surface area contributed by atoms with Crippen LogP contribution in [0.5, 0.6) is 5.75 Å². The molecule has 0 saturated carbocycles. The van der Waals surface area contributed by atoms with Crippen LogP contribution in [0.2, 0.25) is 0 Å². The highest BCUT2D eigenvalue weighted by molar-refractivity contribution is 7.89. The van der Waals surface area contributed by atoms with E-state index in [1.807, 2.05) is 6.92 Å². The van der Waals surface area contributed by atoms with Crippen molar-refractivity contribution in [3.05, 3.63) is 23.8 Å². The minimum Gasteiger partial charge on any atom is -0.496 e. The maximum atomic E-state index is 12.9. The molecule has 1 unspecified atom stereocenters. The Balaban J connectivity index is 2.24. The third kappa shape index (κ3) is 3.87. The van der Waals surface area contributed by atoms with Crippen LogP contribution >= 0.6 is 0 Å². The number of likely N-dealkylation sites (tertiary alicyclic amines) is 1. The second-order valence-electron chi connectivity index (χ2n) is 6.89. The smallest absolute Gasteiger partial charge is 0.242 e. The lowest BCUT2D eigenvalue weighted by Crippen LogP contribution is -2.38. The predicted molar refractivity (Wildman–Crippen MR) is 92.4 cm³/mol. The highest BCUT2D eigenvalue weighted by atomic mass is 32.2. The molecule has 1 aromatic carbocycles. The Kier molecular flexibility index (Phi) is 5.38. The van der Waals surface area contributed by atoms with Crippen LogP contribution in [0.3, 0.4) is 0 Å². The van der Waals surface area contributed by atoms with Crippen LogP contribution in [0, 0.1) is 5.41 Å². The molecule has 1 fully saturated rings. The number of hydrogen-bond acceptors (Lipinski definition) is 4. The summed E-state index contributed by atoms with van der Waals surface area (Å²) in [6, 6.07) is 5.10. The molecular weight excluding hydrogens is 312 g/mol. The van der Waals surface area contributed by atoms with Crippen molar-refractivity contribution in [3.63, 3.8) is 0 Å². The molecule has 0 aliphatic carbocycles. The molecular formula is C17H28N2O3S. The molecule has 1 atom stereocenters. The van der Waals surface area contributed by atoms with Crippen molar-refractivity contribution in [3.8, 4) is 5.75 Å². The Morgan fingerprint density at radius 3 is 2.61 bits per heavy atom. The van der Waals surface area contributed by atoms with Gasteiger partial charge in [0.15, 0.2) is 0 Å². The highest BCUT2D eigenvalue weighted by Gasteiger charge is 2.36. The second kappa shape index (κ2) is 6.79. The topological polar surface area (TPSA) is 49.9 Å². The molecule has 1 heterocycles. The van der Waals surface area contributed by atoms with Gasteiger partial charge in [0.1, 0.15) is 5.75 Å². The van der Waals surface area contributed by atoms with E-state index < -0.39 is 10.0 Å². The van der Waals surface area contributed by atoms with Gasteiger partial charge in [0, 0.05) is 20.1 Å². The average Bonchev–Trinajstić information content (AvgIpc) is 2.85. The Morgan fingerprint density at radius 2 is 2.09 bits per heavy atom. The summed E-state index contributed by atoms with van der Waals surface area (Å²) in [5.41, 5.74) is 0.921. The van der Waals surface area contributed by atoms with E-state index in [0.717, 1.165) is 37.2 Å². The third-order valence-electron chi connectivity index (χ3n) is 4.69. The highest BCUT2D eigenvalue weighted by Crippen LogP contribution is 2.32. The molecule has 2 rings (SSSR count). The lowest BCUT2D eigenvalue weighted by Gasteiger charge is -2.29. The van der Waals surface area contributed by atoms with Gasteiger partial charge >= 0.3 is 0 Å². The molecule has 0 aromatic heterocycles. The zero-order valence-corrected chi connectivity index (χ0v) is 15.6. The Hall–Kier alpha value is -1.11. The van der Waals surface area contributed by atoms with Crippen LogP contribution < -0.4 is 4.74 Å². The van der Waals surface area contributed by atoms with Gasteiger partial charge in [-0.1, -0.05) is 13.8 Å². The van der Waals surface area contributed by atoms with Gasteiger partial charge in [-0.3, -0.25) is 0 Å². The Bertz CT molecular complexity index is 660. The Labute approximate surface area is 140 Å². The summed E-state index contributed by atoms with van der Waals surface area (Å²) in [5.74, 6) is 0.735. The van der Waals surface area contributed by atoms with Gasteiger partial charge in [0.2, 0.25) is 10.0 Å². The lowest BCUT2D eigenvalue weighted by molar-refractivity contribution is 0.255. The molecule has 5 nitrogen and oxygen atoms in total. The van der Waals surface area contributed by atoms with Gasteiger partial charge in [-0.25, -0.2) is 12.7 Å². The standard InChI is InChI=1S/C17H28N2O3S/c1-6-14-11-15(7-8-16(14)22-5)23(20,21)19(4)13-17(2)9-10-18(3)12-17/h7-8,11H,6,9-10,12-13H2,1-5H3. The number of sulfonamides is 1. The summed E-state index contributed by atoms with van der Waals surface area (Å²) < 4.78 is 32.5. The third-order valence-corrected chi connectivity index (χ3v) is 6.49. The number of aryl methyl sites for hydroxylation is 1. The fourth-order valence-corrected chi connectivity index (χ4v) is 4.77. The molecule has 0 radical (unpaired) electrons. The van der Waals surface area contributed by atoms with Crippen LogP contribution in [-0.2, 0) is 16.4 Å². The van der Waals surface area contributed by atoms with Gasteiger partial charge in [-0.2, -0.15) is 0 Å². The van der Waals surface area contributed by atoms with Crippen LogP contribution in [0.1, 0.15) is 25.8 Å². The molecule has 0 N–H and O–H groups in total. The number of hydrogen-bond donors (Lipinski definition) is 0. The van der Waals surface area contributed by atoms with E-state index in [0.29, 0.717) is 11.4 Å². The minimum atomic E-state index is -3.48. The molecule has 0 bridgehead atoms. The van der Waals surface area contributed by atoms with Gasteiger partial charge < -0.3 is 9.64 Å². The van der Waals surface area contributed by atoms with Crippen LogP contribution in [0.4, 0.5) is 0 Å². The molecule has 1 saturated heterocycles. The summed E-state index contributed by atoms with van der Waals surface area (Å²) in [5, 5.41) is 0. The van der Waals surface area contributed by atoms with E-state index >= 15 is 0 Å². The number of nitrogens with zero attached hydrogens (tertiary/aromatic N) is 2. The zero-order chi connectivity index (χ0) is 17.3. The lowest BCUT2D eigenvalue weighted by atomic mass is 9.90. The van der Waals surface area contributed by atoms with Crippen LogP contribution in [0.15, 0.2) is 23.1 Å². The minimum absolute atomic E-state index is 0.0105. The molecule has 0 spiro atoms. The summed E-state index contributed by atoms with van der Waals surface area (Å²) >= 11 is 0. The maximum absolute atomic E-state index is 12.9. The largest absolute Gasteiger partial charge is 0.496 e. The first-order valence-electron chi connectivity index (χ1n) is 8.03. The van der Waals surface area contributed by atoms with Crippen molar-refractivity contribution in [1.82, 2.24) is 9.21 Å². The molecule has 1 aliphatic rings. The van der Waals surface area contributed by atoms with Crippen molar-refractivity contribution in [1.29, 1.82) is 0 Å². The van der Waals surface area contributed by atoms with Crippen molar-refractivity contribution in [2.45, 2.75) is 31.6 Å². The van der Waals surface area contributed by atoms with Gasteiger partial charge in [0.05, 0.1) is 12.0 Å². The van der Waals surface area contributed by atoms with Crippen molar-refractivity contribution in [2.24, 2.45) is 5.41 Å². The van der Waals surface area contributed by atoms with E-state index in [4.69, 9.17) is 4.74 Å². The SMILES string of the molecule is CCc1cc(S(=O)(=O)N(C)CC2(C)CCN(C)C2)ccc1OC. The molecule has 0 amide bonds. The number of rotatable bonds is 6. The fourth-order valence-electron chi connectivity index (χ4n) is 3.39. The van der Waals surface area contributed by atoms with E-state index in [1.54, 1.807) is 32.4 Å². The normalized spacial score (nSPS) is 22.7. The van der Waals surface area contributed by atoms with E-state index in [9.17, 15) is 8.42 Å². The number of benzene rings is 1. The first kappa shape index (κ1) is 18.2. The second-order valence-corrected chi connectivity index (χ2v) is 8.93. The number of ether oxygens (including phenoxy) is 1. The van der Waals surface area contributed by atoms with E-state index in [-0.39, 0.29) is 5.41 Å². The quantitative estimate of drug-likeness (QED) is 0.797. The summed E-state index contributed by atoms with van der Waals surface area (Å²) in [4.78, 5) is 2.59. The zero-order valence-electron chi connectivity index (χ0n) is 14.8. The fraction of sp³-hybridized carbons (Fsp3) is 0.647. The van der Waals surface area contributed by atoms with Crippen LogP contribution in [-0.4, -0.2) is 58.5 Å². The summed E-state index contributed by atoms with van der Waals surface area (Å²) in [7, 11) is 1.88. The molecule has 1 aliphatic heterocycles. The van der Waals surface area contributed by atoms with Crippen molar-refractivity contribution in [2.75, 3.05) is 40.8 Å². The monoisotopic (exact) mass is 340 g/mol. The van der Waals surface area contributed by atoms with Crippen molar-refractivity contribution >= 4 is 10.0 Å². The van der Waals surface area contributed by atoms with E-state index in [1.165, 1.54) is 4.31 Å². The Morgan fingerprint density at radius 1 is 1.39 bits per heavy atom. The summed E-state index contributed by atoms with van der Waals surface area (Å²) in [6.45, 7) is 6.64. The van der Waals surface area contributed by atoms with E-state index in [2.05, 4.69) is 18.9 Å². The predicted octanol–water partition coefficient (Wildman–Crippen LogP) is 2.22. The average molecular weight is 340 g/mol. The van der Waals surface area contributed by atoms with Crippen LogP contribution in [0.25, 0.3) is 0 Å². The number of methoxy groups -OCH3 is 1. The maximum Gasteiger partial charge on any atom is 0.242 e. The first-order chi connectivity index (χ1) is 10.7. The summed E-state index contributed by atoms with van der Waals surface area (Å²) in [6.07, 6.45) is 1.75. The molecule has 6 heteroatoms.